The average Bonchev–Trinajstić information content (AvgIpc) is 1.27. The first-order valence-corrected chi connectivity index (χ1v) is 2.15. The highest BCUT2D eigenvalue weighted by atomic mass is 16.1. The van der Waals surface area contributed by atoms with Gasteiger partial charge in [-0.05, 0) is 13.8 Å². The molecule has 0 unspecified atom stereocenters. The molecule has 0 spiro atoms. The Morgan fingerprint density at radius 2 is 1.71 bits per heavy atom. The van der Waals surface area contributed by atoms with Gasteiger partial charge >= 0.3 is 0 Å². The summed E-state index contributed by atoms with van der Waals surface area (Å²) in [5, 5.41) is 0. The maximum atomic E-state index is 10.1. The van der Waals surface area contributed by atoms with Crippen molar-refractivity contribution in [1.82, 2.24) is 0 Å². The van der Waals surface area contributed by atoms with E-state index in [1.807, 2.05) is 0 Å². The molecule has 0 heterocycles. The predicted molar refractivity (Wildman–Crippen MR) is 29.5 cm³/mol. The van der Waals surface area contributed by atoms with Crippen LogP contribution >= 0.6 is 0 Å². The number of aliphatic imine (C=N–C) groups is 1. The molecular formula is C5H9NO. The van der Waals surface area contributed by atoms with Crippen LogP contribution in [-0.2, 0) is 4.79 Å². The molecule has 0 atom stereocenters. The first kappa shape index (κ1) is 6.34. The molecule has 0 radical (unpaired) electrons. The summed E-state index contributed by atoms with van der Waals surface area (Å²) in [4.78, 5) is 13.6. The Labute approximate surface area is 43.3 Å². The normalized spacial score (nSPS) is 7.86. The lowest BCUT2D eigenvalue weighted by Crippen LogP contribution is -1.87. The van der Waals surface area contributed by atoms with Gasteiger partial charge in [-0.1, -0.05) is 0 Å². The van der Waals surface area contributed by atoms with Crippen LogP contribution in [0.1, 0.15) is 20.8 Å². The molecule has 2 heteroatoms. The van der Waals surface area contributed by atoms with E-state index in [1.54, 1.807) is 13.8 Å². The van der Waals surface area contributed by atoms with Crippen LogP contribution in [0.3, 0.4) is 0 Å². The van der Waals surface area contributed by atoms with Gasteiger partial charge in [0.15, 0.2) is 0 Å². The largest absolute Gasteiger partial charge is 0.273 e. The zero-order valence-electron chi connectivity index (χ0n) is 4.86. The SMILES string of the molecule is CC(=O)N=C(C)C. The number of hydrogen-bond acceptors (Lipinski definition) is 1. The van der Waals surface area contributed by atoms with Crippen molar-refractivity contribution in [3.63, 3.8) is 0 Å². The molecule has 7 heavy (non-hydrogen) atoms. The molecule has 0 aliphatic rings. The number of carbonyl (C=O) groups excluding carboxylic acids is 1. The summed E-state index contributed by atoms with van der Waals surface area (Å²) in [5.74, 6) is -0.125. The van der Waals surface area contributed by atoms with Crippen molar-refractivity contribution in [2.24, 2.45) is 4.99 Å². The third kappa shape index (κ3) is 5.34. The summed E-state index contributed by atoms with van der Waals surface area (Å²) in [6.07, 6.45) is 0. The van der Waals surface area contributed by atoms with Crippen LogP contribution in [0.2, 0.25) is 0 Å². The molecule has 0 rings (SSSR count). The quantitative estimate of drug-likeness (QED) is 0.417. The van der Waals surface area contributed by atoms with Crippen LogP contribution in [0.25, 0.3) is 0 Å². The zero-order valence-corrected chi connectivity index (χ0v) is 4.86. The molecule has 0 fully saturated rings. The Morgan fingerprint density at radius 3 is 1.71 bits per heavy atom. The minimum atomic E-state index is -0.125. The van der Waals surface area contributed by atoms with Crippen LogP contribution in [0, 0.1) is 0 Å². The fourth-order valence-electron chi connectivity index (χ4n) is 0.315. The molecule has 1 amide bonds. The Balaban J connectivity index is 3.68. The van der Waals surface area contributed by atoms with Gasteiger partial charge in [0, 0.05) is 12.6 Å². The molecule has 0 bridgehead atoms. The van der Waals surface area contributed by atoms with Crippen LogP contribution < -0.4 is 0 Å². The Morgan fingerprint density at radius 1 is 1.29 bits per heavy atom. The topological polar surface area (TPSA) is 29.4 Å². The summed E-state index contributed by atoms with van der Waals surface area (Å²) in [7, 11) is 0. The number of hydrogen-bond donors (Lipinski definition) is 0. The molecule has 0 saturated carbocycles. The van der Waals surface area contributed by atoms with Crippen molar-refractivity contribution in [3.05, 3.63) is 0 Å². The summed E-state index contributed by atoms with van der Waals surface area (Å²) < 4.78 is 0. The molecule has 0 aliphatic carbocycles. The van der Waals surface area contributed by atoms with Gasteiger partial charge in [-0.15, -0.1) is 0 Å². The van der Waals surface area contributed by atoms with Crippen LogP contribution in [-0.4, -0.2) is 11.6 Å². The van der Waals surface area contributed by atoms with E-state index in [0.29, 0.717) is 0 Å². The third-order valence-corrected chi connectivity index (χ3v) is 0.381. The van der Waals surface area contributed by atoms with E-state index in [4.69, 9.17) is 0 Å². The van der Waals surface area contributed by atoms with E-state index in [-0.39, 0.29) is 5.91 Å². The number of carbonyl (C=O) groups is 1. The van der Waals surface area contributed by atoms with Gasteiger partial charge in [-0.2, -0.15) is 0 Å². The number of rotatable bonds is 0. The second kappa shape index (κ2) is 2.50. The lowest BCUT2D eigenvalue weighted by atomic mass is 10.5. The van der Waals surface area contributed by atoms with Crippen molar-refractivity contribution in [2.75, 3.05) is 0 Å². The van der Waals surface area contributed by atoms with Crippen molar-refractivity contribution in [3.8, 4) is 0 Å². The molecular weight excluding hydrogens is 90.1 g/mol. The van der Waals surface area contributed by atoms with E-state index >= 15 is 0 Å². The van der Waals surface area contributed by atoms with Gasteiger partial charge in [-0.25, -0.2) is 4.99 Å². The summed E-state index contributed by atoms with van der Waals surface area (Å²) in [5.41, 5.74) is 0.813. The van der Waals surface area contributed by atoms with Crippen LogP contribution in [0.5, 0.6) is 0 Å². The molecule has 2 nitrogen and oxygen atoms in total. The van der Waals surface area contributed by atoms with Gasteiger partial charge in [0.05, 0.1) is 0 Å². The lowest BCUT2D eigenvalue weighted by molar-refractivity contribution is -0.115. The third-order valence-electron chi connectivity index (χ3n) is 0.381. The van der Waals surface area contributed by atoms with Crippen molar-refractivity contribution >= 4 is 11.6 Å². The molecule has 0 N–H and O–H groups in total. The summed E-state index contributed by atoms with van der Waals surface area (Å²) >= 11 is 0. The lowest BCUT2D eigenvalue weighted by Gasteiger charge is -1.80. The Hall–Kier alpha value is -0.660. The highest BCUT2D eigenvalue weighted by Crippen LogP contribution is 1.74. The van der Waals surface area contributed by atoms with Gasteiger partial charge < -0.3 is 0 Å². The Bertz CT molecular complexity index is 101. The van der Waals surface area contributed by atoms with Crippen LogP contribution in [0.15, 0.2) is 4.99 Å². The average molecular weight is 99.1 g/mol. The van der Waals surface area contributed by atoms with Crippen molar-refractivity contribution in [1.29, 1.82) is 0 Å². The molecule has 0 saturated heterocycles. The van der Waals surface area contributed by atoms with E-state index in [0.717, 1.165) is 5.71 Å². The molecule has 0 aromatic heterocycles. The van der Waals surface area contributed by atoms with E-state index in [9.17, 15) is 4.79 Å². The maximum Gasteiger partial charge on any atom is 0.242 e. The van der Waals surface area contributed by atoms with E-state index in [2.05, 4.69) is 4.99 Å². The minimum Gasteiger partial charge on any atom is -0.273 e. The molecule has 0 aromatic rings. The summed E-state index contributed by atoms with van der Waals surface area (Å²) in [6.45, 7) is 5.02. The van der Waals surface area contributed by atoms with E-state index in [1.165, 1.54) is 6.92 Å². The molecule has 0 aromatic carbocycles. The van der Waals surface area contributed by atoms with Gasteiger partial charge in [0.2, 0.25) is 5.91 Å². The molecule has 0 aliphatic heterocycles. The highest BCUT2D eigenvalue weighted by Gasteiger charge is 1.81. The predicted octanol–water partition coefficient (Wildman–Crippen LogP) is 1.01. The standard InChI is InChI=1S/C5H9NO/c1-4(2)6-5(3)7/h1-3H3. The smallest absolute Gasteiger partial charge is 0.242 e. The second-order valence-corrected chi connectivity index (χ2v) is 1.58. The number of nitrogens with zero attached hydrogens (tertiary/aromatic N) is 1. The Kier molecular flexibility index (Phi) is 2.27. The highest BCUT2D eigenvalue weighted by molar-refractivity contribution is 5.91. The van der Waals surface area contributed by atoms with Gasteiger partial charge in [0.25, 0.3) is 0 Å². The van der Waals surface area contributed by atoms with Gasteiger partial charge in [-0.3, -0.25) is 4.79 Å². The molecule has 40 valence electrons. The minimum absolute atomic E-state index is 0.125. The fraction of sp³-hybridized carbons (Fsp3) is 0.600. The first-order chi connectivity index (χ1) is 3.13. The summed E-state index contributed by atoms with van der Waals surface area (Å²) in [6, 6.07) is 0. The first-order valence-electron chi connectivity index (χ1n) is 2.15. The monoisotopic (exact) mass is 99.1 g/mol. The van der Waals surface area contributed by atoms with E-state index < -0.39 is 0 Å². The number of amides is 1. The zero-order chi connectivity index (χ0) is 5.86. The maximum absolute atomic E-state index is 10.1. The van der Waals surface area contributed by atoms with Gasteiger partial charge in [0.1, 0.15) is 0 Å². The fourth-order valence-corrected chi connectivity index (χ4v) is 0.315. The van der Waals surface area contributed by atoms with Crippen molar-refractivity contribution < 1.29 is 4.79 Å². The van der Waals surface area contributed by atoms with Crippen LogP contribution in [0.4, 0.5) is 0 Å². The van der Waals surface area contributed by atoms with Crippen molar-refractivity contribution in [2.45, 2.75) is 20.8 Å². The second-order valence-electron chi connectivity index (χ2n) is 1.58.